The summed E-state index contributed by atoms with van der Waals surface area (Å²) >= 11 is 0. The SMILES string of the molecule is CC(CC(O)(O)c1ccc(O)cc1P(=O)(O)O)c1cccc(O)c1. The van der Waals surface area contributed by atoms with Gasteiger partial charge in [-0.2, -0.15) is 0 Å². The lowest BCUT2D eigenvalue weighted by atomic mass is 9.89. The van der Waals surface area contributed by atoms with Crippen molar-refractivity contribution in [1.29, 1.82) is 0 Å². The number of hydrogen-bond donors (Lipinski definition) is 6. The second-order valence-electron chi connectivity index (χ2n) is 5.76. The molecule has 1 unspecified atom stereocenters. The van der Waals surface area contributed by atoms with Gasteiger partial charge in [0.15, 0.2) is 5.79 Å². The summed E-state index contributed by atoms with van der Waals surface area (Å²) in [6, 6.07) is 9.26. The lowest BCUT2D eigenvalue weighted by molar-refractivity contribution is -0.176. The molecule has 6 N–H and O–H groups in total. The largest absolute Gasteiger partial charge is 0.508 e. The third-order valence-electron chi connectivity index (χ3n) is 3.76. The number of rotatable bonds is 5. The molecular formula is C16H19O7P. The van der Waals surface area contributed by atoms with Crippen LogP contribution >= 0.6 is 7.60 Å². The first-order valence-electron chi connectivity index (χ1n) is 7.14. The van der Waals surface area contributed by atoms with Crippen LogP contribution in [-0.2, 0) is 10.4 Å². The van der Waals surface area contributed by atoms with Crippen molar-refractivity contribution in [1.82, 2.24) is 0 Å². The average Bonchev–Trinajstić information content (AvgIpc) is 2.45. The number of phenols is 2. The van der Waals surface area contributed by atoms with Crippen molar-refractivity contribution in [3.8, 4) is 11.5 Å². The van der Waals surface area contributed by atoms with E-state index in [1.807, 2.05) is 0 Å². The molecule has 0 saturated heterocycles. The molecule has 2 aromatic carbocycles. The van der Waals surface area contributed by atoms with Crippen molar-refractivity contribution in [2.24, 2.45) is 0 Å². The lowest BCUT2D eigenvalue weighted by Crippen LogP contribution is -2.32. The van der Waals surface area contributed by atoms with Gasteiger partial charge in [0.1, 0.15) is 11.5 Å². The van der Waals surface area contributed by atoms with Gasteiger partial charge in [-0.15, -0.1) is 0 Å². The standard InChI is InChI=1S/C16H19O7P/c1-10(11-3-2-4-12(17)7-11)9-16(19,20)14-6-5-13(18)8-15(14)24(21,22)23/h2-8,10,17-20H,9H2,1H3,(H2,21,22,23). The van der Waals surface area contributed by atoms with Crippen LogP contribution in [0, 0.1) is 0 Å². The molecular weight excluding hydrogens is 335 g/mol. The third-order valence-corrected chi connectivity index (χ3v) is 4.75. The average molecular weight is 354 g/mol. The van der Waals surface area contributed by atoms with Gasteiger partial charge in [-0.3, -0.25) is 4.57 Å². The van der Waals surface area contributed by atoms with E-state index in [9.17, 15) is 34.8 Å². The topological polar surface area (TPSA) is 138 Å². The van der Waals surface area contributed by atoms with Gasteiger partial charge in [-0.1, -0.05) is 19.1 Å². The Hall–Kier alpha value is -1.89. The van der Waals surface area contributed by atoms with Crippen LogP contribution in [0.2, 0.25) is 0 Å². The molecule has 0 spiro atoms. The van der Waals surface area contributed by atoms with Crippen LogP contribution in [0.25, 0.3) is 0 Å². The van der Waals surface area contributed by atoms with E-state index in [1.165, 1.54) is 12.1 Å². The summed E-state index contributed by atoms with van der Waals surface area (Å²) in [6.07, 6.45) is -0.270. The summed E-state index contributed by atoms with van der Waals surface area (Å²) in [7, 11) is -4.82. The molecule has 8 heteroatoms. The molecule has 0 aliphatic heterocycles. The highest BCUT2D eigenvalue weighted by Gasteiger charge is 2.36. The Balaban J connectivity index is 2.39. The number of hydrogen-bond acceptors (Lipinski definition) is 5. The van der Waals surface area contributed by atoms with Gasteiger partial charge in [0, 0.05) is 12.0 Å². The molecule has 0 saturated carbocycles. The Morgan fingerprint density at radius 2 is 1.67 bits per heavy atom. The van der Waals surface area contributed by atoms with E-state index in [4.69, 9.17) is 0 Å². The zero-order chi connectivity index (χ0) is 18.1. The lowest BCUT2D eigenvalue weighted by Gasteiger charge is -2.28. The number of phenolic OH excluding ortho intramolecular Hbond substituents is 2. The van der Waals surface area contributed by atoms with Gasteiger partial charge < -0.3 is 30.2 Å². The van der Waals surface area contributed by atoms with Crippen LogP contribution < -0.4 is 5.30 Å². The van der Waals surface area contributed by atoms with Crippen LogP contribution in [0.4, 0.5) is 0 Å². The summed E-state index contributed by atoms with van der Waals surface area (Å²) in [6.45, 7) is 1.69. The predicted octanol–water partition coefficient (Wildman–Crippen LogP) is 1.23. The number of aromatic hydroxyl groups is 2. The molecule has 0 heterocycles. The molecule has 2 rings (SSSR count). The summed E-state index contributed by atoms with van der Waals surface area (Å²) in [5.74, 6) is -3.32. The van der Waals surface area contributed by atoms with Crippen LogP contribution in [-0.4, -0.2) is 30.2 Å². The highest BCUT2D eigenvalue weighted by atomic mass is 31.2. The molecule has 0 aromatic heterocycles. The fraction of sp³-hybridized carbons (Fsp3) is 0.250. The molecule has 0 aliphatic carbocycles. The monoisotopic (exact) mass is 354 g/mol. The molecule has 130 valence electrons. The maximum Gasteiger partial charge on any atom is 0.356 e. The third kappa shape index (κ3) is 4.14. The fourth-order valence-corrected chi connectivity index (χ4v) is 3.45. The van der Waals surface area contributed by atoms with E-state index in [0.717, 1.165) is 18.2 Å². The summed E-state index contributed by atoms with van der Waals surface area (Å²) in [5.41, 5.74) is 0.264. The van der Waals surface area contributed by atoms with Gasteiger partial charge in [0.05, 0.1) is 5.30 Å². The van der Waals surface area contributed by atoms with Crippen molar-refractivity contribution in [2.45, 2.75) is 25.0 Å². The molecule has 0 aliphatic rings. The van der Waals surface area contributed by atoms with E-state index >= 15 is 0 Å². The zero-order valence-corrected chi connectivity index (χ0v) is 13.8. The smallest absolute Gasteiger partial charge is 0.356 e. The zero-order valence-electron chi connectivity index (χ0n) is 12.9. The molecule has 0 amide bonds. The molecule has 0 radical (unpaired) electrons. The minimum Gasteiger partial charge on any atom is -0.508 e. The number of aliphatic hydroxyl groups is 2. The van der Waals surface area contributed by atoms with Crippen LogP contribution in [0.5, 0.6) is 11.5 Å². The maximum atomic E-state index is 11.6. The Kier molecular flexibility index (Phi) is 5.03. The Labute approximate surface area is 138 Å². The quantitative estimate of drug-likeness (QED) is 0.351. The van der Waals surface area contributed by atoms with Crippen LogP contribution in [0.1, 0.15) is 30.4 Å². The van der Waals surface area contributed by atoms with Crippen molar-refractivity contribution in [3.05, 3.63) is 53.6 Å². The van der Waals surface area contributed by atoms with Gasteiger partial charge in [0.25, 0.3) is 0 Å². The highest BCUT2D eigenvalue weighted by Crippen LogP contribution is 2.40. The van der Waals surface area contributed by atoms with Gasteiger partial charge >= 0.3 is 7.60 Å². The minimum absolute atomic E-state index is 0.0290. The van der Waals surface area contributed by atoms with Crippen LogP contribution in [0.3, 0.4) is 0 Å². The van der Waals surface area contributed by atoms with E-state index in [0.29, 0.717) is 5.56 Å². The van der Waals surface area contributed by atoms with Gasteiger partial charge in [-0.05, 0) is 41.8 Å². The molecule has 24 heavy (non-hydrogen) atoms. The summed E-state index contributed by atoms with van der Waals surface area (Å²) in [5, 5.41) is 39.1. The van der Waals surface area contributed by atoms with E-state index in [2.05, 4.69) is 0 Å². The first kappa shape index (κ1) is 18.4. The van der Waals surface area contributed by atoms with Gasteiger partial charge in [-0.25, -0.2) is 0 Å². The minimum atomic E-state index is -4.82. The first-order valence-corrected chi connectivity index (χ1v) is 8.75. The molecule has 1 atom stereocenters. The summed E-state index contributed by atoms with van der Waals surface area (Å²) in [4.78, 5) is 18.8. The molecule has 0 bridgehead atoms. The fourth-order valence-electron chi connectivity index (χ4n) is 2.59. The highest BCUT2D eigenvalue weighted by molar-refractivity contribution is 7.60. The predicted molar refractivity (Wildman–Crippen MR) is 87.0 cm³/mol. The number of benzene rings is 2. The van der Waals surface area contributed by atoms with Crippen molar-refractivity contribution < 1.29 is 34.8 Å². The van der Waals surface area contributed by atoms with E-state index < -0.39 is 30.4 Å². The van der Waals surface area contributed by atoms with Crippen molar-refractivity contribution in [2.75, 3.05) is 0 Å². The molecule has 7 nitrogen and oxygen atoms in total. The molecule has 0 fully saturated rings. The Morgan fingerprint density at radius 1 is 1.04 bits per heavy atom. The van der Waals surface area contributed by atoms with E-state index in [-0.39, 0.29) is 17.7 Å². The van der Waals surface area contributed by atoms with Crippen molar-refractivity contribution in [3.63, 3.8) is 0 Å². The van der Waals surface area contributed by atoms with E-state index in [1.54, 1.807) is 19.1 Å². The van der Waals surface area contributed by atoms with Crippen molar-refractivity contribution >= 4 is 12.9 Å². The first-order chi connectivity index (χ1) is 11.0. The van der Waals surface area contributed by atoms with Gasteiger partial charge in [0.2, 0.25) is 0 Å². The Bertz CT molecular complexity index is 782. The molecule has 2 aromatic rings. The normalized spacial score (nSPS) is 13.7. The Morgan fingerprint density at radius 3 is 2.25 bits per heavy atom. The maximum absolute atomic E-state index is 11.6. The second kappa shape index (κ2) is 6.55. The second-order valence-corrected chi connectivity index (χ2v) is 7.33. The summed E-state index contributed by atoms with van der Waals surface area (Å²) < 4.78 is 11.6. The van der Waals surface area contributed by atoms with Crippen LogP contribution in [0.15, 0.2) is 42.5 Å².